The van der Waals surface area contributed by atoms with Crippen molar-refractivity contribution in [1.82, 2.24) is 24.8 Å². The lowest BCUT2D eigenvalue weighted by atomic mass is 10.1. The summed E-state index contributed by atoms with van der Waals surface area (Å²) in [7, 11) is 0. The van der Waals surface area contributed by atoms with Gasteiger partial charge in [-0.05, 0) is 25.0 Å². The number of nitrogens with zero attached hydrogens (tertiary/aromatic N) is 5. The summed E-state index contributed by atoms with van der Waals surface area (Å²) >= 11 is 0. The van der Waals surface area contributed by atoms with Crippen molar-refractivity contribution in [2.75, 3.05) is 26.2 Å². The maximum absolute atomic E-state index is 12.8. The molecule has 2 aliphatic heterocycles. The van der Waals surface area contributed by atoms with Crippen LogP contribution >= 0.6 is 0 Å². The molecule has 1 saturated carbocycles. The van der Waals surface area contributed by atoms with Gasteiger partial charge >= 0.3 is 0 Å². The summed E-state index contributed by atoms with van der Waals surface area (Å²) in [5.74, 6) is 1.19. The summed E-state index contributed by atoms with van der Waals surface area (Å²) in [5.41, 5.74) is 0.245. The van der Waals surface area contributed by atoms with Gasteiger partial charge in [-0.25, -0.2) is 4.68 Å². The summed E-state index contributed by atoms with van der Waals surface area (Å²) in [6.07, 6.45) is 5.90. The van der Waals surface area contributed by atoms with Crippen molar-refractivity contribution in [2.24, 2.45) is 0 Å². The van der Waals surface area contributed by atoms with Crippen molar-refractivity contribution in [1.29, 1.82) is 0 Å². The fraction of sp³-hybridized carbons (Fsp3) is 0.524. The smallest absolute Gasteiger partial charge is 0.276 e. The molecule has 0 N–H and O–H groups in total. The van der Waals surface area contributed by atoms with Gasteiger partial charge in [0.05, 0.1) is 12.7 Å². The molecule has 1 aromatic heterocycles. The highest BCUT2D eigenvalue weighted by Crippen LogP contribution is 2.31. The Hall–Kier alpha value is -3.10. The van der Waals surface area contributed by atoms with E-state index < -0.39 is 0 Å². The highest BCUT2D eigenvalue weighted by Gasteiger charge is 2.34. The molecule has 0 bridgehead atoms. The molecule has 2 amide bonds. The predicted molar refractivity (Wildman–Crippen MR) is 106 cm³/mol. The molecule has 30 heavy (non-hydrogen) atoms. The van der Waals surface area contributed by atoms with Gasteiger partial charge in [-0.3, -0.25) is 9.59 Å². The molecule has 9 nitrogen and oxygen atoms in total. The zero-order valence-corrected chi connectivity index (χ0v) is 16.8. The van der Waals surface area contributed by atoms with Gasteiger partial charge in [0.1, 0.15) is 13.2 Å². The summed E-state index contributed by atoms with van der Waals surface area (Å²) in [4.78, 5) is 28.9. The third-order valence-electron chi connectivity index (χ3n) is 6.03. The second kappa shape index (κ2) is 7.97. The molecular weight excluding hydrogens is 386 g/mol. The van der Waals surface area contributed by atoms with Crippen LogP contribution < -0.4 is 9.47 Å². The number of rotatable bonds is 4. The minimum Gasteiger partial charge on any atom is -0.486 e. The lowest BCUT2D eigenvalue weighted by molar-refractivity contribution is -0.137. The number of hydrogen-bond acceptors (Lipinski definition) is 6. The molecular formula is C21H25N5O4. The molecule has 3 heterocycles. The monoisotopic (exact) mass is 411 g/mol. The zero-order chi connectivity index (χ0) is 20.5. The lowest BCUT2D eigenvalue weighted by Gasteiger charge is -2.37. The molecule has 1 atom stereocenters. The second-order valence-corrected chi connectivity index (χ2v) is 8.08. The van der Waals surface area contributed by atoms with Gasteiger partial charge in [-0.1, -0.05) is 30.2 Å². The number of carbonyl (C=O) groups is 2. The Morgan fingerprint density at radius 1 is 1.13 bits per heavy atom. The summed E-state index contributed by atoms with van der Waals surface area (Å²) in [6.45, 7) is 2.06. The van der Waals surface area contributed by atoms with Crippen LogP contribution in [0, 0.1) is 0 Å². The molecule has 1 unspecified atom stereocenters. The van der Waals surface area contributed by atoms with E-state index in [0.29, 0.717) is 38.0 Å². The fourth-order valence-corrected chi connectivity index (χ4v) is 4.47. The van der Waals surface area contributed by atoms with Crippen LogP contribution in [0.25, 0.3) is 0 Å². The first kappa shape index (κ1) is 18.9. The van der Waals surface area contributed by atoms with E-state index in [1.54, 1.807) is 15.8 Å². The third-order valence-corrected chi connectivity index (χ3v) is 6.03. The summed E-state index contributed by atoms with van der Waals surface area (Å²) < 4.78 is 13.2. The number of carbonyl (C=O) groups excluding carboxylic acids is 2. The molecule has 2 fully saturated rings. The number of fused-ring (bicyclic) bond motifs is 1. The van der Waals surface area contributed by atoms with Gasteiger partial charge in [0.25, 0.3) is 5.91 Å². The van der Waals surface area contributed by atoms with Crippen molar-refractivity contribution in [3.63, 3.8) is 0 Å². The highest BCUT2D eigenvalue weighted by molar-refractivity contribution is 5.95. The summed E-state index contributed by atoms with van der Waals surface area (Å²) in [6, 6.07) is 7.87. The Labute approximate surface area is 174 Å². The number of aromatic nitrogens is 3. The quantitative estimate of drug-likeness (QED) is 0.754. The Bertz CT molecular complexity index is 939. The molecule has 9 heteroatoms. The molecule has 0 radical (unpaired) electrons. The van der Waals surface area contributed by atoms with Gasteiger partial charge in [-0.2, -0.15) is 0 Å². The molecule has 3 aliphatic rings. The average Bonchev–Trinajstić information content (AvgIpc) is 3.45. The van der Waals surface area contributed by atoms with E-state index in [-0.39, 0.29) is 30.2 Å². The highest BCUT2D eigenvalue weighted by atomic mass is 16.6. The maximum Gasteiger partial charge on any atom is 0.276 e. The van der Waals surface area contributed by atoms with Crippen molar-refractivity contribution >= 4 is 11.8 Å². The molecule has 1 saturated heterocycles. The minimum absolute atomic E-state index is 0.0281. The normalized spacial score (nSPS) is 21.9. The fourth-order valence-electron chi connectivity index (χ4n) is 4.47. The molecule has 2 aromatic rings. The van der Waals surface area contributed by atoms with Gasteiger partial charge < -0.3 is 19.3 Å². The number of hydrogen-bond donors (Lipinski definition) is 0. The van der Waals surface area contributed by atoms with E-state index >= 15 is 0 Å². The van der Waals surface area contributed by atoms with E-state index in [1.165, 1.54) is 12.8 Å². The minimum atomic E-state index is -0.258. The Balaban J connectivity index is 1.18. The number of ether oxygens (including phenoxy) is 2. The van der Waals surface area contributed by atoms with Gasteiger partial charge in [0.2, 0.25) is 5.91 Å². The van der Waals surface area contributed by atoms with Crippen LogP contribution in [0.5, 0.6) is 11.5 Å². The molecule has 1 aliphatic carbocycles. The first-order valence-electron chi connectivity index (χ1n) is 10.5. The van der Waals surface area contributed by atoms with E-state index in [9.17, 15) is 9.59 Å². The van der Waals surface area contributed by atoms with Gasteiger partial charge in [0, 0.05) is 19.1 Å². The number of amides is 2. The number of benzene rings is 1. The standard InChI is InChI=1S/C21H25N5O4/c27-20-13-24(9-10-26(20)15-5-1-2-6-15)21(28)17-12-25(23-22-17)11-16-14-29-18-7-3-4-8-19(18)30-16/h3-4,7-8,12,15-16H,1-2,5-6,9-11,13-14H2. The largest absolute Gasteiger partial charge is 0.486 e. The first-order chi connectivity index (χ1) is 14.7. The van der Waals surface area contributed by atoms with Gasteiger partial charge in [-0.15, -0.1) is 5.10 Å². The Morgan fingerprint density at radius 3 is 2.73 bits per heavy atom. The topological polar surface area (TPSA) is 89.8 Å². The zero-order valence-electron chi connectivity index (χ0n) is 16.8. The third kappa shape index (κ3) is 3.71. The average molecular weight is 411 g/mol. The first-order valence-corrected chi connectivity index (χ1v) is 10.5. The number of piperazine rings is 1. The molecule has 158 valence electrons. The summed E-state index contributed by atoms with van der Waals surface area (Å²) in [5, 5.41) is 8.09. The van der Waals surface area contributed by atoms with Crippen LogP contribution in [0.15, 0.2) is 30.5 Å². The van der Waals surface area contributed by atoms with Crippen LogP contribution in [-0.2, 0) is 11.3 Å². The molecule has 5 rings (SSSR count). The van der Waals surface area contributed by atoms with E-state index in [0.717, 1.165) is 18.6 Å². The van der Waals surface area contributed by atoms with E-state index in [4.69, 9.17) is 9.47 Å². The maximum atomic E-state index is 12.8. The predicted octanol–water partition coefficient (Wildman–Crippen LogP) is 1.35. The molecule has 1 aromatic carbocycles. The SMILES string of the molecule is O=C(c1cn(CC2COc3ccccc3O2)nn1)N1CCN(C2CCCC2)C(=O)C1. The lowest BCUT2D eigenvalue weighted by Crippen LogP contribution is -2.55. The number of para-hydroxylation sites is 2. The van der Waals surface area contributed by atoms with Crippen molar-refractivity contribution in [3.05, 3.63) is 36.2 Å². The Morgan fingerprint density at radius 2 is 1.93 bits per heavy atom. The van der Waals surface area contributed by atoms with E-state index in [2.05, 4.69) is 10.3 Å². The molecule has 0 spiro atoms. The van der Waals surface area contributed by atoms with Crippen molar-refractivity contribution in [3.8, 4) is 11.5 Å². The van der Waals surface area contributed by atoms with Crippen molar-refractivity contribution < 1.29 is 19.1 Å². The van der Waals surface area contributed by atoms with Crippen LogP contribution in [0.2, 0.25) is 0 Å². The van der Waals surface area contributed by atoms with Gasteiger partial charge in [0.15, 0.2) is 23.3 Å². The second-order valence-electron chi connectivity index (χ2n) is 8.08. The van der Waals surface area contributed by atoms with Crippen LogP contribution in [0.1, 0.15) is 36.2 Å². The van der Waals surface area contributed by atoms with E-state index in [1.807, 2.05) is 29.2 Å². The van der Waals surface area contributed by atoms with Crippen LogP contribution in [-0.4, -0.2) is 75.0 Å². The van der Waals surface area contributed by atoms with Crippen LogP contribution in [0.3, 0.4) is 0 Å². The Kier molecular flexibility index (Phi) is 5.02. The van der Waals surface area contributed by atoms with Crippen molar-refractivity contribution in [2.45, 2.75) is 44.4 Å². The van der Waals surface area contributed by atoms with Crippen LogP contribution in [0.4, 0.5) is 0 Å².